The molecule has 216 valence electrons. The third-order valence-corrected chi connectivity index (χ3v) is 9.90. The summed E-state index contributed by atoms with van der Waals surface area (Å²) in [5.74, 6) is 1.67. The van der Waals surface area contributed by atoms with Crippen molar-refractivity contribution in [1.82, 2.24) is 19.8 Å². The van der Waals surface area contributed by atoms with E-state index in [0.717, 1.165) is 37.3 Å². The van der Waals surface area contributed by atoms with E-state index >= 15 is 0 Å². The molecule has 2 unspecified atom stereocenters. The minimum atomic E-state index is -0.206. The molecule has 8 heteroatoms. The first-order valence-corrected chi connectivity index (χ1v) is 15.3. The van der Waals surface area contributed by atoms with Crippen molar-refractivity contribution in [3.63, 3.8) is 0 Å². The van der Waals surface area contributed by atoms with Crippen LogP contribution in [0, 0.1) is 17.2 Å². The molecule has 8 nitrogen and oxygen atoms in total. The number of aryl methyl sites for hydroxylation is 1. The predicted octanol–water partition coefficient (Wildman–Crippen LogP) is 4.07. The number of hydrogen-bond acceptors (Lipinski definition) is 7. The van der Waals surface area contributed by atoms with Crippen molar-refractivity contribution in [2.24, 2.45) is 5.92 Å². The Balaban J connectivity index is 1.33. The fourth-order valence-corrected chi connectivity index (χ4v) is 7.58. The number of carbonyl (C=O) groups is 1. The summed E-state index contributed by atoms with van der Waals surface area (Å²) in [6, 6.07) is 9.78. The highest BCUT2D eigenvalue weighted by atomic mass is 16.5. The summed E-state index contributed by atoms with van der Waals surface area (Å²) in [5.41, 5.74) is 6.86. The number of aromatic nitrogens is 2. The lowest BCUT2D eigenvalue weighted by Crippen LogP contribution is -2.55. The number of likely N-dealkylation sites (tertiary alicyclic amines) is 1. The van der Waals surface area contributed by atoms with E-state index in [9.17, 15) is 10.1 Å². The maximum atomic E-state index is 12.5. The molecule has 0 saturated carbocycles. The van der Waals surface area contributed by atoms with Crippen molar-refractivity contribution in [3.05, 3.63) is 58.8 Å². The zero-order valence-corrected chi connectivity index (χ0v) is 24.5. The molecule has 2 aliphatic heterocycles. The number of nitriles is 1. The van der Waals surface area contributed by atoms with E-state index in [-0.39, 0.29) is 18.4 Å². The second kappa shape index (κ2) is 11.8. The fraction of sp³-hybridized carbons (Fsp3) is 0.576. The predicted molar refractivity (Wildman–Crippen MR) is 159 cm³/mol. The number of fused-ring (bicyclic) bond motifs is 2. The average Bonchev–Trinajstić information content (AvgIpc) is 3.64. The SMILES string of the molecule is C=CC(=O)N1CCN(c2nc(OCC3CCCN3C)nc3c2C[C@H](C)[C@@H](c2cccc4c2CCC4)C3)CC1CC#N. The highest BCUT2D eigenvalue weighted by Gasteiger charge is 2.36. The van der Waals surface area contributed by atoms with Crippen LogP contribution < -0.4 is 9.64 Å². The largest absolute Gasteiger partial charge is 0.462 e. The Morgan fingerprint density at radius 3 is 2.80 bits per heavy atom. The van der Waals surface area contributed by atoms with E-state index in [0.29, 0.717) is 50.1 Å². The zero-order valence-electron chi connectivity index (χ0n) is 24.5. The van der Waals surface area contributed by atoms with Crippen molar-refractivity contribution in [2.45, 2.75) is 76.3 Å². The van der Waals surface area contributed by atoms with Gasteiger partial charge in [0.1, 0.15) is 12.4 Å². The number of hydrogen-bond donors (Lipinski definition) is 0. The molecule has 2 aliphatic carbocycles. The van der Waals surface area contributed by atoms with Crippen LogP contribution in [-0.2, 0) is 30.5 Å². The average molecular weight is 555 g/mol. The third kappa shape index (κ3) is 5.44. The Morgan fingerprint density at radius 1 is 1.15 bits per heavy atom. The lowest BCUT2D eigenvalue weighted by Gasteiger charge is -2.42. The van der Waals surface area contributed by atoms with E-state index in [4.69, 9.17) is 14.7 Å². The van der Waals surface area contributed by atoms with E-state index in [1.807, 2.05) is 0 Å². The molecule has 4 aliphatic rings. The van der Waals surface area contributed by atoms with Crippen LogP contribution in [0.15, 0.2) is 30.9 Å². The van der Waals surface area contributed by atoms with Gasteiger partial charge in [-0.25, -0.2) is 0 Å². The smallest absolute Gasteiger partial charge is 0.318 e. The van der Waals surface area contributed by atoms with Crippen molar-refractivity contribution in [1.29, 1.82) is 5.26 Å². The summed E-state index contributed by atoms with van der Waals surface area (Å²) >= 11 is 0. The van der Waals surface area contributed by atoms with Crippen molar-refractivity contribution in [2.75, 3.05) is 44.7 Å². The molecule has 4 atom stereocenters. The number of nitrogens with zero attached hydrogens (tertiary/aromatic N) is 6. The Hall–Kier alpha value is -3.44. The summed E-state index contributed by atoms with van der Waals surface area (Å²) in [4.78, 5) is 29.0. The van der Waals surface area contributed by atoms with Gasteiger partial charge in [0.15, 0.2) is 0 Å². The van der Waals surface area contributed by atoms with Gasteiger partial charge in [-0.3, -0.25) is 4.79 Å². The van der Waals surface area contributed by atoms with Gasteiger partial charge >= 0.3 is 6.01 Å². The molecule has 1 amide bonds. The Morgan fingerprint density at radius 2 is 2.02 bits per heavy atom. The highest BCUT2D eigenvalue weighted by molar-refractivity contribution is 5.87. The van der Waals surface area contributed by atoms with Crippen molar-refractivity contribution < 1.29 is 9.53 Å². The van der Waals surface area contributed by atoms with Gasteiger partial charge in [-0.1, -0.05) is 31.7 Å². The van der Waals surface area contributed by atoms with Crippen molar-refractivity contribution >= 4 is 11.7 Å². The van der Waals surface area contributed by atoms with Gasteiger partial charge in [-0.15, -0.1) is 0 Å². The first kappa shape index (κ1) is 27.7. The minimum Gasteiger partial charge on any atom is -0.462 e. The number of ether oxygens (including phenoxy) is 1. The van der Waals surface area contributed by atoms with Gasteiger partial charge in [0.2, 0.25) is 5.91 Å². The Kier molecular flexibility index (Phi) is 7.99. The lowest BCUT2D eigenvalue weighted by molar-refractivity contribution is -0.128. The normalized spacial score (nSPS) is 25.9. The minimum absolute atomic E-state index is 0.119. The van der Waals surface area contributed by atoms with Crippen LogP contribution in [0.3, 0.4) is 0 Å². The maximum absolute atomic E-state index is 12.5. The first-order chi connectivity index (χ1) is 20.0. The second-order valence-electron chi connectivity index (χ2n) is 12.4. The molecule has 41 heavy (non-hydrogen) atoms. The molecule has 6 rings (SSSR count). The summed E-state index contributed by atoms with van der Waals surface area (Å²) < 4.78 is 6.33. The topological polar surface area (TPSA) is 85.6 Å². The summed E-state index contributed by atoms with van der Waals surface area (Å²) in [6.45, 7) is 9.46. The van der Waals surface area contributed by atoms with Gasteiger partial charge in [-0.2, -0.15) is 15.2 Å². The van der Waals surface area contributed by atoms with Crippen LogP contribution >= 0.6 is 0 Å². The number of benzene rings is 1. The molecule has 0 radical (unpaired) electrons. The fourth-order valence-electron chi connectivity index (χ4n) is 7.58. The van der Waals surface area contributed by atoms with E-state index in [1.165, 1.54) is 48.4 Å². The number of carbonyl (C=O) groups excluding carboxylic acids is 1. The maximum Gasteiger partial charge on any atom is 0.318 e. The molecule has 0 spiro atoms. The summed E-state index contributed by atoms with van der Waals surface area (Å²) in [6.07, 6.45) is 9.32. The molecule has 2 aromatic rings. The molecule has 1 aromatic carbocycles. The molecule has 0 N–H and O–H groups in total. The second-order valence-corrected chi connectivity index (χ2v) is 12.4. The van der Waals surface area contributed by atoms with Crippen molar-refractivity contribution in [3.8, 4) is 12.1 Å². The molecule has 3 heterocycles. The van der Waals surface area contributed by atoms with Gasteiger partial charge in [-0.05, 0) is 93.1 Å². The number of piperazine rings is 1. The highest BCUT2D eigenvalue weighted by Crippen LogP contribution is 2.43. The molecular weight excluding hydrogens is 512 g/mol. The Labute approximate surface area is 244 Å². The summed E-state index contributed by atoms with van der Waals surface area (Å²) in [5, 5.41) is 9.54. The number of likely N-dealkylation sites (N-methyl/N-ethyl adjacent to an activating group) is 1. The molecular formula is C33H42N6O2. The summed E-state index contributed by atoms with van der Waals surface area (Å²) in [7, 11) is 2.16. The monoisotopic (exact) mass is 554 g/mol. The molecule has 1 aromatic heterocycles. The van der Waals surface area contributed by atoms with Gasteiger partial charge in [0, 0.05) is 31.2 Å². The number of amides is 1. The van der Waals surface area contributed by atoms with Crippen LogP contribution in [0.25, 0.3) is 0 Å². The van der Waals surface area contributed by atoms with Gasteiger partial charge in [0.25, 0.3) is 0 Å². The van der Waals surface area contributed by atoms with Crippen LogP contribution in [0.5, 0.6) is 6.01 Å². The lowest BCUT2D eigenvalue weighted by atomic mass is 9.73. The third-order valence-electron chi connectivity index (χ3n) is 9.90. The molecule has 2 saturated heterocycles. The van der Waals surface area contributed by atoms with Crippen LogP contribution in [0.4, 0.5) is 5.82 Å². The van der Waals surface area contributed by atoms with Crippen LogP contribution in [0.2, 0.25) is 0 Å². The standard InChI is InChI=1S/C33H42N6O2/c1-4-31(40)39-17-16-38(20-24(39)13-14-34)32-29-18-22(2)28(27-12-6-9-23-8-5-11-26(23)27)19-30(29)35-33(36-32)41-21-25-10-7-15-37(25)3/h4,6,9,12,22,24-25,28H,1,5,7-8,10-11,13,15-21H2,2-3H3/t22-,24?,25?,28-/m0/s1. The van der Waals surface area contributed by atoms with E-state index < -0.39 is 0 Å². The first-order valence-electron chi connectivity index (χ1n) is 15.3. The number of anilines is 1. The Bertz CT molecular complexity index is 1350. The molecule has 0 bridgehead atoms. The quantitative estimate of drug-likeness (QED) is 0.477. The van der Waals surface area contributed by atoms with Gasteiger partial charge in [0.05, 0.1) is 24.2 Å². The number of rotatable bonds is 7. The van der Waals surface area contributed by atoms with E-state index in [2.05, 4.69) is 54.6 Å². The molecule has 2 fully saturated rings. The van der Waals surface area contributed by atoms with E-state index in [1.54, 1.807) is 10.5 Å². The van der Waals surface area contributed by atoms with Crippen LogP contribution in [-0.4, -0.2) is 77.6 Å². The zero-order chi connectivity index (χ0) is 28.5. The van der Waals surface area contributed by atoms with Crippen LogP contribution in [0.1, 0.15) is 66.5 Å². The van der Waals surface area contributed by atoms with Gasteiger partial charge < -0.3 is 19.4 Å².